The highest BCUT2D eigenvalue weighted by atomic mass is 16.5. The Bertz CT molecular complexity index is 498. The Balaban J connectivity index is 1.79. The van der Waals surface area contributed by atoms with Crippen LogP contribution in [-0.2, 0) is 6.54 Å². The van der Waals surface area contributed by atoms with Crippen molar-refractivity contribution < 1.29 is 14.6 Å². The molecule has 122 valence electrons. The molecule has 0 atom stereocenters. The van der Waals surface area contributed by atoms with Gasteiger partial charge < -0.3 is 20.5 Å². The molecular formula is C17H26N2O3. The summed E-state index contributed by atoms with van der Waals surface area (Å²) in [4.78, 5) is 11.8. The van der Waals surface area contributed by atoms with Crippen LogP contribution in [0.5, 0.6) is 5.75 Å². The average molecular weight is 306 g/mol. The standard InChI is InChI=1S/C17H26N2O3/c1-13(2)10-22-15-6-4-3-5-14(15)9-18-16(21)19-11-17(12-20)7-8-17/h3-6,13,20H,7-12H2,1-2H3,(H2,18,19,21). The second-order valence-electron chi connectivity index (χ2n) is 6.51. The summed E-state index contributed by atoms with van der Waals surface area (Å²) in [5, 5.41) is 14.9. The number of hydrogen-bond donors (Lipinski definition) is 3. The Labute approximate surface area is 132 Å². The zero-order valence-corrected chi connectivity index (χ0v) is 13.4. The van der Waals surface area contributed by atoms with E-state index in [1.807, 2.05) is 24.3 Å². The van der Waals surface area contributed by atoms with E-state index in [-0.39, 0.29) is 18.1 Å². The van der Waals surface area contributed by atoms with Gasteiger partial charge in [0, 0.05) is 24.1 Å². The second kappa shape index (κ2) is 7.49. The summed E-state index contributed by atoms with van der Waals surface area (Å²) < 4.78 is 5.77. The SMILES string of the molecule is CC(C)COc1ccccc1CNC(=O)NCC1(CO)CC1. The maximum atomic E-state index is 11.8. The summed E-state index contributed by atoms with van der Waals surface area (Å²) in [6.07, 6.45) is 1.96. The van der Waals surface area contributed by atoms with Gasteiger partial charge in [0.25, 0.3) is 0 Å². The number of hydrogen-bond acceptors (Lipinski definition) is 3. The number of benzene rings is 1. The molecule has 0 bridgehead atoms. The molecule has 0 aliphatic heterocycles. The lowest BCUT2D eigenvalue weighted by molar-refractivity contribution is 0.203. The number of carbonyl (C=O) groups excluding carboxylic acids is 1. The van der Waals surface area contributed by atoms with Crippen molar-refractivity contribution in [2.45, 2.75) is 33.2 Å². The molecular weight excluding hydrogens is 280 g/mol. The lowest BCUT2D eigenvalue weighted by atomic mass is 10.1. The van der Waals surface area contributed by atoms with Crippen LogP contribution >= 0.6 is 0 Å². The fourth-order valence-corrected chi connectivity index (χ4v) is 2.12. The van der Waals surface area contributed by atoms with Gasteiger partial charge in [0.05, 0.1) is 13.2 Å². The van der Waals surface area contributed by atoms with Crippen LogP contribution in [0.1, 0.15) is 32.3 Å². The monoisotopic (exact) mass is 306 g/mol. The third kappa shape index (κ3) is 4.91. The zero-order chi connectivity index (χ0) is 16.0. The summed E-state index contributed by atoms with van der Waals surface area (Å²) in [6, 6.07) is 7.52. The number of nitrogens with one attached hydrogen (secondary N) is 2. The molecule has 0 radical (unpaired) electrons. The third-order valence-corrected chi connectivity index (χ3v) is 3.90. The molecule has 1 fully saturated rings. The highest BCUT2D eigenvalue weighted by molar-refractivity contribution is 5.74. The Morgan fingerprint density at radius 3 is 2.68 bits per heavy atom. The molecule has 1 aliphatic rings. The Kier molecular flexibility index (Phi) is 5.66. The van der Waals surface area contributed by atoms with Crippen LogP contribution in [0.3, 0.4) is 0 Å². The molecule has 0 aromatic heterocycles. The molecule has 5 nitrogen and oxygen atoms in total. The van der Waals surface area contributed by atoms with Gasteiger partial charge >= 0.3 is 6.03 Å². The average Bonchev–Trinajstić information content (AvgIpc) is 3.30. The van der Waals surface area contributed by atoms with Gasteiger partial charge in [-0.3, -0.25) is 0 Å². The molecule has 0 heterocycles. The first-order chi connectivity index (χ1) is 10.5. The van der Waals surface area contributed by atoms with Gasteiger partial charge in [0.1, 0.15) is 5.75 Å². The predicted molar refractivity (Wildman–Crippen MR) is 85.8 cm³/mol. The van der Waals surface area contributed by atoms with Crippen LogP contribution in [0.25, 0.3) is 0 Å². The Morgan fingerprint density at radius 2 is 2.05 bits per heavy atom. The normalized spacial score (nSPS) is 15.5. The summed E-state index contributed by atoms with van der Waals surface area (Å²) in [6.45, 7) is 5.95. The number of aliphatic hydroxyl groups is 1. The maximum Gasteiger partial charge on any atom is 0.315 e. The van der Waals surface area contributed by atoms with Gasteiger partial charge in [-0.05, 0) is 24.8 Å². The van der Waals surface area contributed by atoms with Crippen molar-refractivity contribution in [1.29, 1.82) is 0 Å². The van der Waals surface area contributed by atoms with Gasteiger partial charge in [-0.25, -0.2) is 4.79 Å². The first-order valence-corrected chi connectivity index (χ1v) is 7.88. The lowest BCUT2D eigenvalue weighted by Crippen LogP contribution is -2.39. The molecule has 1 saturated carbocycles. The van der Waals surface area contributed by atoms with E-state index in [1.165, 1.54) is 0 Å². The topological polar surface area (TPSA) is 70.6 Å². The predicted octanol–water partition coefficient (Wildman–Crippen LogP) is 2.29. The summed E-state index contributed by atoms with van der Waals surface area (Å²) in [5.74, 6) is 1.27. The molecule has 0 spiro atoms. The number of urea groups is 1. The molecule has 2 rings (SSSR count). The van der Waals surface area contributed by atoms with Gasteiger partial charge in [0.2, 0.25) is 0 Å². The van der Waals surface area contributed by atoms with Crippen LogP contribution in [0.2, 0.25) is 0 Å². The first-order valence-electron chi connectivity index (χ1n) is 7.88. The van der Waals surface area contributed by atoms with Crippen LogP contribution in [0, 0.1) is 11.3 Å². The minimum absolute atomic E-state index is 0.0738. The smallest absolute Gasteiger partial charge is 0.315 e. The van der Waals surface area contributed by atoms with E-state index in [1.54, 1.807) is 0 Å². The zero-order valence-electron chi connectivity index (χ0n) is 13.4. The van der Waals surface area contributed by atoms with Crippen molar-refractivity contribution in [2.24, 2.45) is 11.3 Å². The number of aliphatic hydroxyl groups excluding tert-OH is 1. The molecule has 2 amide bonds. The molecule has 0 saturated heterocycles. The fraction of sp³-hybridized carbons (Fsp3) is 0.588. The number of para-hydroxylation sites is 1. The Hall–Kier alpha value is -1.75. The molecule has 22 heavy (non-hydrogen) atoms. The van der Waals surface area contributed by atoms with Crippen molar-refractivity contribution in [3.8, 4) is 5.75 Å². The number of amides is 2. The van der Waals surface area contributed by atoms with Crippen molar-refractivity contribution in [3.63, 3.8) is 0 Å². The largest absolute Gasteiger partial charge is 0.493 e. The van der Waals surface area contributed by atoms with Gasteiger partial charge in [-0.2, -0.15) is 0 Å². The van der Waals surface area contributed by atoms with E-state index in [0.29, 0.717) is 25.6 Å². The number of carbonyl (C=O) groups is 1. The van der Waals surface area contributed by atoms with E-state index in [0.717, 1.165) is 24.2 Å². The molecule has 1 aromatic carbocycles. The summed E-state index contributed by atoms with van der Waals surface area (Å²) >= 11 is 0. The fourth-order valence-electron chi connectivity index (χ4n) is 2.12. The van der Waals surface area contributed by atoms with E-state index in [4.69, 9.17) is 4.74 Å². The lowest BCUT2D eigenvalue weighted by Gasteiger charge is -2.15. The van der Waals surface area contributed by atoms with Gasteiger partial charge in [-0.15, -0.1) is 0 Å². The van der Waals surface area contributed by atoms with Crippen molar-refractivity contribution in [3.05, 3.63) is 29.8 Å². The highest BCUT2D eigenvalue weighted by Crippen LogP contribution is 2.44. The molecule has 1 aromatic rings. The molecule has 5 heteroatoms. The minimum atomic E-state index is -0.210. The van der Waals surface area contributed by atoms with Gasteiger partial charge in [-0.1, -0.05) is 32.0 Å². The summed E-state index contributed by atoms with van der Waals surface area (Å²) in [7, 11) is 0. The highest BCUT2D eigenvalue weighted by Gasteiger charge is 2.42. The van der Waals surface area contributed by atoms with Crippen LogP contribution in [0.15, 0.2) is 24.3 Å². The van der Waals surface area contributed by atoms with Crippen molar-refractivity contribution in [2.75, 3.05) is 19.8 Å². The van der Waals surface area contributed by atoms with E-state index in [2.05, 4.69) is 24.5 Å². The number of ether oxygens (including phenoxy) is 1. The molecule has 1 aliphatic carbocycles. The maximum absolute atomic E-state index is 11.8. The Morgan fingerprint density at radius 1 is 1.32 bits per heavy atom. The van der Waals surface area contributed by atoms with Crippen LogP contribution in [-0.4, -0.2) is 30.9 Å². The number of rotatable bonds is 8. The van der Waals surface area contributed by atoms with E-state index >= 15 is 0 Å². The molecule has 0 unspecified atom stereocenters. The van der Waals surface area contributed by atoms with Crippen molar-refractivity contribution in [1.82, 2.24) is 10.6 Å². The minimum Gasteiger partial charge on any atom is -0.493 e. The first kappa shape index (κ1) is 16.6. The van der Waals surface area contributed by atoms with Crippen molar-refractivity contribution >= 4 is 6.03 Å². The van der Waals surface area contributed by atoms with E-state index in [9.17, 15) is 9.90 Å². The van der Waals surface area contributed by atoms with E-state index < -0.39 is 0 Å². The third-order valence-electron chi connectivity index (χ3n) is 3.90. The second-order valence-corrected chi connectivity index (χ2v) is 6.51. The quantitative estimate of drug-likeness (QED) is 0.690. The van der Waals surface area contributed by atoms with Gasteiger partial charge in [0.15, 0.2) is 0 Å². The summed E-state index contributed by atoms with van der Waals surface area (Å²) in [5.41, 5.74) is 0.886. The molecule has 3 N–H and O–H groups in total. The van der Waals surface area contributed by atoms with Crippen LogP contribution in [0.4, 0.5) is 4.79 Å². The van der Waals surface area contributed by atoms with Crippen LogP contribution < -0.4 is 15.4 Å².